The number of hydrogen-bond donors (Lipinski definition) is 0. The second-order valence-corrected chi connectivity index (χ2v) is 12.3. The Morgan fingerprint density at radius 3 is 1.85 bits per heavy atom. The van der Waals surface area contributed by atoms with Gasteiger partial charge in [-0.15, -0.1) is 0 Å². The van der Waals surface area contributed by atoms with E-state index in [1.54, 1.807) is 6.92 Å². The SMILES string of the molecule is CC1CCN(C(=O)OC(C)(C)C)CC1.CCC/C(C)=C(\CC)c1cc(C(C)=O)ccc1C.Cc1ccc(C)cc1. The molecule has 1 aliphatic heterocycles. The maximum Gasteiger partial charge on any atom is 0.410 e. The summed E-state index contributed by atoms with van der Waals surface area (Å²) in [5.41, 5.74) is 8.45. The van der Waals surface area contributed by atoms with Crippen molar-refractivity contribution in [3.05, 3.63) is 75.9 Å². The molecule has 2 aromatic carbocycles. The van der Waals surface area contributed by atoms with Gasteiger partial charge in [0.1, 0.15) is 5.60 Å². The van der Waals surface area contributed by atoms with Crippen LogP contribution in [0.4, 0.5) is 4.79 Å². The van der Waals surface area contributed by atoms with E-state index in [-0.39, 0.29) is 17.5 Å². The predicted octanol–water partition coefficient (Wildman–Crippen LogP) is 10.1. The monoisotopic (exact) mass is 549 g/mol. The minimum atomic E-state index is -0.375. The molecule has 0 N–H and O–H groups in total. The van der Waals surface area contributed by atoms with Crippen LogP contribution in [-0.4, -0.2) is 35.5 Å². The number of hydrogen-bond acceptors (Lipinski definition) is 3. The molecule has 1 saturated heterocycles. The van der Waals surface area contributed by atoms with Gasteiger partial charge in [-0.2, -0.15) is 0 Å². The van der Waals surface area contributed by atoms with E-state index in [0.717, 1.165) is 50.3 Å². The fourth-order valence-electron chi connectivity index (χ4n) is 4.57. The lowest BCUT2D eigenvalue weighted by atomic mass is 9.91. The number of Topliss-reactive ketones (excluding diaryl/α,β-unsaturated/α-hetero) is 1. The number of piperidine rings is 1. The van der Waals surface area contributed by atoms with Crippen LogP contribution in [0, 0.1) is 26.7 Å². The van der Waals surface area contributed by atoms with Gasteiger partial charge < -0.3 is 9.64 Å². The van der Waals surface area contributed by atoms with Crippen LogP contribution in [-0.2, 0) is 4.74 Å². The van der Waals surface area contributed by atoms with Crippen molar-refractivity contribution in [1.29, 1.82) is 0 Å². The zero-order valence-corrected chi connectivity index (χ0v) is 27.2. The largest absolute Gasteiger partial charge is 0.444 e. The highest BCUT2D eigenvalue weighted by Crippen LogP contribution is 2.28. The molecule has 0 aromatic heterocycles. The van der Waals surface area contributed by atoms with Crippen molar-refractivity contribution in [3.63, 3.8) is 0 Å². The molecule has 0 bridgehead atoms. The number of likely N-dealkylation sites (tertiary alicyclic amines) is 1. The summed E-state index contributed by atoms with van der Waals surface area (Å²) >= 11 is 0. The zero-order valence-electron chi connectivity index (χ0n) is 27.2. The van der Waals surface area contributed by atoms with E-state index in [9.17, 15) is 9.59 Å². The molecule has 0 atom stereocenters. The number of rotatable bonds is 5. The van der Waals surface area contributed by atoms with Gasteiger partial charge in [0.25, 0.3) is 0 Å². The smallest absolute Gasteiger partial charge is 0.410 e. The van der Waals surface area contributed by atoms with Crippen LogP contribution in [0.25, 0.3) is 5.57 Å². The number of ether oxygens (including phenoxy) is 1. The standard InChI is InChI=1S/C17H24O.C11H21NO2.C8H10/c1-6-8-12(3)16(7-2)17-11-15(14(5)18)10-9-13(17)4;1-9-5-7-12(8-6-9)10(13)14-11(2,3)4;1-7-3-5-8(2)6-4-7/h9-11H,6-8H2,1-5H3;9H,5-8H2,1-4H3;3-6H,1-2H3/b16-12+;;. The quantitative estimate of drug-likeness (QED) is 0.349. The summed E-state index contributed by atoms with van der Waals surface area (Å²) < 4.78 is 5.30. The molecule has 40 heavy (non-hydrogen) atoms. The minimum absolute atomic E-state index is 0.139. The molecule has 222 valence electrons. The molecule has 0 spiro atoms. The van der Waals surface area contributed by atoms with Crippen molar-refractivity contribution in [2.75, 3.05) is 13.1 Å². The number of carbonyl (C=O) groups is 2. The first-order valence-electron chi connectivity index (χ1n) is 15.0. The van der Waals surface area contributed by atoms with Gasteiger partial charge in [0.15, 0.2) is 5.78 Å². The van der Waals surface area contributed by atoms with Gasteiger partial charge >= 0.3 is 6.09 Å². The molecule has 1 heterocycles. The Balaban J connectivity index is 0.000000321. The summed E-state index contributed by atoms with van der Waals surface area (Å²) in [6.07, 6.45) is 5.35. The minimum Gasteiger partial charge on any atom is -0.444 e. The van der Waals surface area contributed by atoms with E-state index < -0.39 is 0 Å². The number of carbonyl (C=O) groups excluding carboxylic acids is 2. The molecule has 0 unspecified atom stereocenters. The van der Waals surface area contributed by atoms with Crippen molar-refractivity contribution < 1.29 is 14.3 Å². The highest BCUT2D eigenvalue weighted by Gasteiger charge is 2.25. The van der Waals surface area contributed by atoms with Crippen LogP contribution in [0.1, 0.15) is 120 Å². The van der Waals surface area contributed by atoms with Crippen LogP contribution in [0.2, 0.25) is 0 Å². The second-order valence-electron chi connectivity index (χ2n) is 12.3. The average Bonchev–Trinajstić information content (AvgIpc) is 2.87. The fourth-order valence-corrected chi connectivity index (χ4v) is 4.57. The van der Waals surface area contributed by atoms with E-state index in [0.29, 0.717) is 0 Å². The van der Waals surface area contributed by atoms with Gasteiger partial charge in [-0.25, -0.2) is 4.79 Å². The van der Waals surface area contributed by atoms with Gasteiger partial charge in [-0.3, -0.25) is 4.79 Å². The molecule has 2 aromatic rings. The lowest BCUT2D eigenvalue weighted by Gasteiger charge is -2.32. The highest BCUT2D eigenvalue weighted by atomic mass is 16.6. The van der Waals surface area contributed by atoms with Crippen molar-refractivity contribution >= 4 is 17.4 Å². The topological polar surface area (TPSA) is 46.6 Å². The van der Waals surface area contributed by atoms with E-state index in [1.807, 2.05) is 31.7 Å². The third-order valence-corrected chi connectivity index (χ3v) is 7.12. The summed E-state index contributed by atoms with van der Waals surface area (Å²) in [4.78, 5) is 24.9. The first kappa shape index (κ1) is 35.1. The van der Waals surface area contributed by atoms with Gasteiger partial charge in [0, 0.05) is 18.7 Å². The zero-order chi connectivity index (χ0) is 30.5. The van der Waals surface area contributed by atoms with Crippen molar-refractivity contribution in [3.8, 4) is 0 Å². The second kappa shape index (κ2) is 17.0. The van der Waals surface area contributed by atoms with Crippen LogP contribution >= 0.6 is 0 Å². The fraction of sp³-hybridized carbons (Fsp3) is 0.556. The summed E-state index contributed by atoms with van der Waals surface area (Å²) in [5.74, 6) is 0.883. The van der Waals surface area contributed by atoms with E-state index in [4.69, 9.17) is 4.74 Å². The van der Waals surface area contributed by atoms with Gasteiger partial charge in [0.2, 0.25) is 0 Å². The van der Waals surface area contributed by atoms with E-state index in [2.05, 4.69) is 84.9 Å². The Morgan fingerprint density at radius 1 is 0.900 bits per heavy atom. The maximum absolute atomic E-state index is 11.6. The van der Waals surface area contributed by atoms with Crippen LogP contribution in [0.5, 0.6) is 0 Å². The van der Waals surface area contributed by atoms with E-state index in [1.165, 1.54) is 39.8 Å². The summed E-state index contributed by atoms with van der Waals surface area (Å²) in [6, 6.07) is 14.5. The van der Waals surface area contributed by atoms with Gasteiger partial charge in [0.05, 0.1) is 0 Å². The highest BCUT2D eigenvalue weighted by molar-refractivity contribution is 5.95. The number of amides is 1. The third kappa shape index (κ3) is 13.0. The number of allylic oxidation sites excluding steroid dienone is 2. The lowest BCUT2D eigenvalue weighted by Crippen LogP contribution is -2.41. The molecular formula is C36H55NO3. The Kier molecular flexibility index (Phi) is 15.0. The molecule has 3 rings (SSSR count). The number of aryl methyl sites for hydroxylation is 3. The summed E-state index contributed by atoms with van der Waals surface area (Å²) in [5, 5.41) is 0. The Morgan fingerprint density at radius 2 is 1.43 bits per heavy atom. The van der Waals surface area contributed by atoms with E-state index >= 15 is 0 Å². The van der Waals surface area contributed by atoms with Crippen LogP contribution < -0.4 is 0 Å². The molecule has 1 amide bonds. The van der Waals surface area contributed by atoms with Crippen molar-refractivity contribution in [1.82, 2.24) is 4.90 Å². The molecule has 0 aliphatic carbocycles. The van der Waals surface area contributed by atoms with Gasteiger partial charge in [-0.05, 0) is 110 Å². The number of benzene rings is 2. The molecule has 0 radical (unpaired) electrons. The molecule has 4 nitrogen and oxygen atoms in total. The maximum atomic E-state index is 11.6. The third-order valence-electron chi connectivity index (χ3n) is 7.12. The Labute approximate surface area is 245 Å². The Hall–Kier alpha value is -2.88. The summed E-state index contributed by atoms with van der Waals surface area (Å²) in [7, 11) is 0. The summed E-state index contributed by atoms with van der Waals surface area (Å²) in [6.45, 7) is 24.2. The first-order valence-corrected chi connectivity index (χ1v) is 15.0. The number of nitrogens with zero attached hydrogens (tertiary/aromatic N) is 1. The molecule has 4 heteroatoms. The van der Waals surface area contributed by atoms with Crippen LogP contribution in [0.15, 0.2) is 48.0 Å². The molecule has 1 aliphatic rings. The van der Waals surface area contributed by atoms with Crippen LogP contribution in [0.3, 0.4) is 0 Å². The first-order chi connectivity index (χ1) is 18.7. The predicted molar refractivity (Wildman–Crippen MR) is 171 cm³/mol. The Bertz CT molecular complexity index is 1080. The number of ketones is 1. The normalized spacial score (nSPS) is 14.2. The van der Waals surface area contributed by atoms with Crippen molar-refractivity contribution in [2.24, 2.45) is 5.92 Å². The molecule has 0 saturated carbocycles. The van der Waals surface area contributed by atoms with Crippen molar-refractivity contribution in [2.45, 2.75) is 114 Å². The molecular weight excluding hydrogens is 494 g/mol. The van der Waals surface area contributed by atoms with Gasteiger partial charge in [-0.1, -0.05) is 80.3 Å². The molecule has 1 fully saturated rings. The average molecular weight is 550 g/mol. The lowest BCUT2D eigenvalue weighted by molar-refractivity contribution is 0.0190.